The van der Waals surface area contributed by atoms with E-state index in [1.54, 1.807) is 6.92 Å². The number of nitro benzene ring substituents is 1. The Morgan fingerprint density at radius 2 is 2.29 bits per heavy atom. The molecule has 0 spiro atoms. The minimum atomic E-state index is -0.975. The zero-order valence-corrected chi connectivity index (χ0v) is 12.8. The molecule has 0 saturated carbocycles. The molecule has 0 amide bonds. The molecule has 1 aromatic carbocycles. The predicted molar refractivity (Wildman–Crippen MR) is 75.4 cm³/mol. The molecule has 112 valence electrons. The van der Waals surface area contributed by atoms with Crippen LogP contribution in [0.3, 0.4) is 0 Å². The number of non-ortho nitro benzene ring substituents is 1. The van der Waals surface area contributed by atoms with Gasteiger partial charge in [0.1, 0.15) is 11.6 Å². The first-order valence-corrected chi connectivity index (χ1v) is 6.84. The van der Waals surface area contributed by atoms with Gasteiger partial charge in [0.05, 0.1) is 16.9 Å². The van der Waals surface area contributed by atoms with Gasteiger partial charge < -0.3 is 4.74 Å². The number of hydrogen-bond donors (Lipinski definition) is 0. The van der Waals surface area contributed by atoms with Crippen LogP contribution in [-0.2, 0) is 9.53 Å². The summed E-state index contributed by atoms with van der Waals surface area (Å²) in [6, 6.07) is 1.63. The highest BCUT2D eigenvalue weighted by Gasteiger charge is 2.27. The topological polar surface area (TPSA) is 87.3 Å². The zero-order valence-electron chi connectivity index (χ0n) is 11.2. The van der Waals surface area contributed by atoms with Gasteiger partial charge in [-0.2, -0.15) is 4.39 Å². The number of carbonyl (C=O) groups excluding carboxylic acids is 1. The fourth-order valence-electron chi connectivity index (χ4n) is 1.96. The second kappa shape index (κ2) is 5.76. The molecule has 0 aliphatic heterocycles. The van der Waals surface area contributed by atoms with E-state index in [4.69, 9.17) is 4.74 Å². The number of carbonyl (C=O) groups is 1. The standard InChI is InChI=1S/C12H11BrFN3O4/c1-3-21-12(18)6(2)16-10-8(11(14)15-16)4-7(13)5-9(10)17(19)20/h4-6H,3H2,1-2H3/t6-/m1/s1. The number of fused-ring (bicyclic) bond motifs is 1. The summed E-state index contributed by atoms with van der Waals surface area (Å²) in [6.45, 7) is 3.22. The van der Waals surface area contributed by atoms with Crippen molar-refractivity contribution in [3.8, 4) is 0 Å². The summed E-state index contributed by atoms with van der Waals surface area (Å²) < 4.78 is 20.1. The molecule has 0 unspecified atom stereocenters. The molecule has 2 aromatic rings. The van der Waals surface area contributed by atoms with Gasteiger partial charge in [0.2, 0.25) is 5.95 Å². The molecular weight excluding hydrogens is 349 g/mol. The monoisotopic (exact) mass is 359 g/mol. The van der Waals surface area contributed by atoms with Gasteiger partial charge >= 0.3 is 5.97 Å². The van der Waals surface area contributed by atoms with Gasteiger partial charge in [-0.15, -0.1) is 5.10 Å². The Kier molecular flexibility index (Phi) is 4.21. The highest BCUT2D eigenvalue weighted by molar-refractivity contribution is 9.10. The molecule has 0 N–H and O–H groups in total. The van der Waals surface area contributed by atoms with Crippen LogP contribution in [0.2, 0.25) is 0 Å². The molecule has 1 heterocycles. The van der Waals surface area contributed by atoms with Crippen molar-refractivity contribution in [2.75, 3.05) is 6.61 Å². The van der Waals surface area contributed by atoms with E-state index in [0.717, 1.165) is 4.68 Å². The average Bonchev–Trinajstić information content (AvgIpc) is 2.74. The Morgan fingerprint density at radius 1 is 1.62 bits per heavy atom. The van der Waals surface area contributed by atoms with Gasteiger partial charge in [0.25, 0.3) is 5.69 Å². The Bertz CT molecular complexity index is 731. The normalized spacial score (nSPS) is 12.4. The Balaban J connectivity index is 2.70. The van der Waals surface area contributed by atoms with E-state index in [9.17, 15) is 19.3 Å². The number of aromatic nitrogens is 2. The third-order valence-electron chi connectivity index (χ3n) is 2.89. The number of nitrogens with zero attached hydrogens (tertiary/aromatic N) is 3. The van der Waals surface area contributed by atoms with Gasteiger partial charge in [-0.1, -0.05) is 15.9 Å². The largest absolute Gasteiger partial charge is 0.464 e. The van der Waals surface area contributed by atoms with E-state index < -0.39 is 22.9 Å². The van der Waals surface area contributed by atoms with Crippen LogP contribution >= 0.6 is 15.9 Å². The molecular formula is C12H11BrFN3O4. The van der Waals surface area contributed by atoms with E-state index >= 15 is 0 Å². The first kappa shape index (κ1) is 15.4. The van der Waals surface area contributed by atoms with Crippen LogP contribution in [0.5, 0.6) is 0 Å². The SMILES string of the molecule is CCOC(=O)[C@@H](C)n1nc(F)c2cc(Br)cc([N+](=O)[O-])c21. The molecule has 1 atom stereocenters. The minimum absolute atomic E-state index is 0.0350. The van der Waals surface area contributed by atoms with E-state index in [0.29, 0.717) is 4.47 Å². The average molecular weight is 360 g/mol. The molecule has 0 bridgehead atoms. The van der Waals surface area contributed by atoms with Crippen molar-refractivity contribution in [1.82, 2.24) is 9.78 Å². The van der Waals surface area contributed by atoms with Gasteiger partial charge in [-0.05, 0) is 19.9 Å². The maximum atomic E-state index is 13.9. The van der Waals surface area contributed by atoms with Gasteiger partial charge in [0, 0.05) is 10.5 Å². The van der Waals surface area contributed by atoms with Crippen LogP contribution < -0.4 is 0 Å². The molecule has 0 radical (unpaired) electrons. The third-order valence-corrected chi connectivity index (χ3v) is 3.35. The molecule has 1 aromatic heterocycles. The van der Waals surface area contributed by atoms with Crippen molar-refractivity contribution in [2.24, 2.45) is 0 Å². The lowest BCUT2D eigenvalue weighted by Gasteiger charge is -2.11. The maximum Gasteiger partial charge on any atom is 0.330 e. The number of ether oxygens (including phenoxy) is 1. The van der Waals surface area contributed by atoms with Crippen LogP contribution in [0.25, 0.3) is 10.9 Å². The summed E-state index contributed by atoms with van der Waals surface area (Å²) in [5.41, 5.74) is -0.395. The second-order valence-electron chi connectivity index (χ2n) is 4.24. The van der Waals surface area contributed by atoms with E-state index in [1.165, 1.54) is 19.1 Å². The first-order chi connectivity index (χ1) is 9.86. The van der Waals surface area contributed by atoms with Crippen molar-refractivity contribution < 1.29 is 18.8 Å². The van der Waals surface area contributed by atoms with Crippen molar-refractivity contribution in [3.63, 3.8) is 0 Å². The number of halogens is 2. The first-order valence-electron chi connectivity index (χ1n) is 6.05. The number of nitro groups is 1. The Hall–Kier alpha value is -2.03. The van der Waals surface area contributed by atoms with E-state index in [1.807, 2.05) is 0 Å². The number of hydrogen-bond acceptors (Lipinski definition) is 5. The lowest BCUT2D eigenvalue weighted by Crippen LogP contribution is -2.20. The Labute approximate surface area is 127 Å². The summed E-state index contributed by atoms with van der Waals surface area (Å²) in [5.74, 6) is -1.52. The molecule has 2 rings (SSSR count). The molecule has 0 saturated heterocycles. The lowest BCUT2D eigenvalue weighted by molar-refractivity contribution is -0.383. The summed E-state index contributed by atoms with van der Waals surface area (Å²) in [5, 5.41) is 14.7. The van der Waals surface area contributed by atoms with E-state index in [-0.39, 0.29) is 23.2 Å². The smallest absolute Gasteiger partial charge is 0.330 e. The number of rotatable bonds is 4. The number of benzene rings is 1. The summed E-state index contributed by atoms with van der Waals surface area (Å²) in [7, 11) is 0. The van der Waals surface area contributed by atoms with Crippen LogP contribution in [0, 0.1) is 16.1 Å². The minimum Gasteiger partial charge on any atom is -0.464 e. The van der Waals surface area contributed by atoms with Crippen LogP contribution in [0.1, 0.15) is 19.9 Å². The van der Waals surface area contributed by atoms with Crippen LogP contribution in [0.15, 0.2) is 16.6 Å². The highest BCUT2D eigenvalue weighted by Crippen LogP contribution is 2.33. The van der Waals surface area contributed by atoms with Crippen LogP contribution in [0.4, 0.5) is 10.1 Å². The van der Waals surface area contributed by atoms with Crippen LogP contribution in [-0.4, -0.2) is 27.3 Å². The fourth-order valence-corrected chi connectivity index (χ4v) is 2.41. The highest BCUT2D eigenvalue weighted by atomic mass is 79.9. The van der Waals surface area contributed by atoms with Gasteiger partial charge in [-0.25, -0.2) is 9.48 Å². The van der Waals surface area contributed by atoms with Gasteiger partial charge in [0.15, 0.2) is 0 Å². The molecule has 21 heavy (non-hydrogen) atoms. The summed E-state index contributed by atoms with van der Waals surface area (Å²) >= 11 is 3.09. The summed E-state index contributed by atoms with van der Waals surface area (Å²) in [4.78, 5) is 22.3. The van der Waals surface area contributed by atoms with E-state index in [2.05, 4.69) is 21.0 Å². The molecule has 0 fully saturated rings. The van der Waals surface area contributed by atoms with Crippen molar-refractivity contribution in [1.29, 1.82) is 0 Å². The molecule has 0 aliphatic rings. The number of esters is 1. The fraction of sp³-hybridized carbons (Fsp3) is 0.333. The van der Waals surface area contributed by atoms with Crippen molar-refractivity contribution in [3.05, 3.63) is 32.7 Å². The lowest BCUT2D eigenvalue weighted by atomic mass is 10.2. The van der Waals surface area contributed by atoms with Gasteiger partial charge in [-0.3, -0.25) is 10.1 Å². The summed E-state index contributed by atoms with van der Waals surface area (Å²) in [6.07, 6.45) is 0. The predicted octanol–water partition coefficient (Wildman–Crippen LogP) is 2.97. The zero-order chi connectivity index (χ0) is 15.7. The maximum absolute atomic E-state index is 13.9. The van der Waals surface area contributed by atoms with Crippen molar-refractivity contribution >= 4 is 38.5 Å². The molecule has 9 heteroatoms. The molecule has 0 aliphatic carbocycles. The molecule has 7 nitrogen and oxygen atoms in total. The second-order valence-corrected chi connectivity index (χ2v) is 5.16. The van der Waals surface area contributed by atoms with Crippen molar-refractivity contribution in [2.45, 2.75) is 19.9 Å². The Morgan fingerprint density at radius 3 is 2.86 bits per heavy atom. The quantitative estimate of drug-likeness (QED) is 0.475. The third kappa shape index (κ3) is 2.73.